The number of aryl methyl sites for hydroxylation is 2. The molecule has 0 aromatic heterocycles. The molecule has 0 saturated carbocycles. The van der Waals surface area contributed by atoms with Gasteiger partial charge in [-0.05, 0) is 48.7 Å². The van der Waals surface area contributed by atoms with E-state index in [0.29, 0.717) is 18.0 Å². The number of benzene rings is 2. The quantitative estimate of drug-likeness (QED) is 0.928. The maximum Gasteiger partial charge on any atom is 0.243 e. The first-order valence-corrected chi connectivity index (χ1v) is 8.20. The van der Waals surface area contributed by atoms with Crippen LogP contribution in [0.5, 0.6) is 5.75 Å². The molecule has 5 heteroatoms. The minimum absolute atomic E-state index is 0.211. The molecule has 110 valence electrons. The molecule has 1 aliphatic heterocycles. The van der Waals surface area contributed by atoms with Crippen LogP contribution < -0.4 is 0 Å². The van der Waals surface area contributed by atoms with Gasteiger partial charge in [0, 0.05) is 13.1 Å². The largest absolute Gasteiger partial charge is 0.508 e. The summed E-state index contributed by atoms with van der Waals surface area (Å²) in [7, 11) is -3.50. The second-order valence-corrected chi connectivity index (χ2v) is 7.43. The van der Waals surface area contributed by atoms with Crippen LogP contribution in [0.1, 0.15) is 22.3 Å². The molecule has 0 unspecified atom stereocenters. The molecule has 0 bridgehead atoms. The van der Waals surface area contributed by atoms with Crippen molar-refractivity contribution in [2.24, 2.45) is 0 Å². The fourth-order valence-electron chi connectivity index (χ4n) is 2.56. The highest BCUT2D eigenvalue weighted by Gasteiger charge is 2.31. The van der Waals surface area contributed by atoms with E-state index >= 15 is 0 Å². The first-order valence-electron chi connectivity index (χ1n) is 6.76. The van der Waals surface area contributed by atoms with Gasteiger partial charge in [-0.2, -0.15) is 4.31 Å². The molecule has 0 fully saturated rings. The maximum absolute atomic E-state index is 12.6. The third kappa shape index (κ3) is 2.43. The molecule has 1 heterocycles. The van der Waals surface area contributed by atoms with E-state index in [1.54, 1.807) is 30.3 Å². The average molecular weight is 303 g/mol. The Kier molecular flexibility index (Phi) is 3.26. The highest BCUT2D eigenvalue weighted by molar-refractivity contribution is 7.89. The molecule has 0 saturated heterocycles. The van der Waals surface area contributed by atoms with Crippen molar-refractivity contribution >= 4 is 10.0 Å². The van der Waals surface area contributed by atoms with Crippen molar-refractivity contribution in [3.05, 3.63) is 58.7 Å². The van der Waals surface area contributed by atoms with Crippen LogP contribution in [0.25, 0.3) is 0 Å². The van der Waals surface area contributed by atoms with Crippen LogP contribution in [0.15, 0.2) is 41.3 Å². The minimum Gasteiger partial charge on any atom is -0.508 e. The summed E-state index contributed by atoms with van der Waals surface area (Å²) in [5.74, 6) is 0.211. The van der Waals surface area contributed by atoms with Crippen LogP contribution in [0.2, 0.25) is 0 Å². The molecular formula is C16H17NO3S. The lowest BCUT2D eigenvalue weighted by molar-refractivity contribution is 0.431. The standard InChI is InChI=1S/C16H17NO3S/c1-11-3-5-15(6-4-11)21(19,20)17-9-13-7-12(2)16(18)8-14(13)10-17/h3-8,18H,9-10H2,1-2H3. The maximum atomic E-state index is 12.6. The molecule has 2 aromatic carbocycles. The SMILES string of the molecule is Cc1ccc(S(=O)(=O)N2Cc3cc(C)c(O)cc3C2)cc1. The third-order valence-corrected chi connectivity index (χ3v) is 5.68. The number of sulfonamides is 1. The van der Waals surface area contributed by atoms with E-state index in [2.05, 4.69) is 0 Å². The molecule has 0 radical (unpaired) electrons. The van der Waals surface area contributed by atoms with Crippen molar-refractivity contribution in [1.29, 1.82) is 0 Å². The zero-order valence-corrected chi connectivity index (χ0v) is 12.8. The van der Waals surface area contributed by atoms with Gasteiger partial charge in [-0.3, -0.25) is 0 Å². The molecule has 2 aromatic rings. The summed E-state index contributed by atoms with van der Waals surface area (Å²) in [6.45, 7) is 4.40. The molecule has 21 heavy (non-hydrogen) atoms. The van der Waals surface area contributed by atoms with Gasteiger partial charge in [0.1, 0.15) is 5.75 Å². The fourth-order valence-corrected chi connectivity index (χ4v) is 3.96. The number of phenolic OH excluding ortho intramolecular Hbond substituents is 1. The lowest BCUT2D eigenvalue weighted by Crippen LogP contribution is -2.25. The zero-order chi connectivity index (χ0) is 15.2. The van der Waals surface area contributed by atoms with Gasteiger partial charge in [-0.1, -0.05) is 23.8 Å². The Labute approximate surface area is 124 Å². The van der Waals surface area contributed by atoms with Gasteiger partial charge in [0.05, 0.1) is 4.90 Å². The van der Waals surface area contributed by atoms with Crippen molar-refractivity contribution in [2.75, 3.05) is 0 Å². The second kappa shape index (κ2) is 4.86. The second-order valence-electron chi connectivity index (χ2n) is 5.49. The Bertz CT molecular complexity index is 764. The summed E-state index contributed by atoms with van der Waals surface area (Å²) < 4.78 is 26.7. The molecule has 0 spiro atoms. The van der Waals surface area contributed by atoms with E-state index in [4.69, 9.17) is 0 Å². The molecule has 3 rings (SSSR count). The molecular weight excluding hydrogens is 286 g/mol. The van der Waals surface area contributed by atoms with Gasteiger partial charge >= 0.3 is 0 Å². The van der Waals surface area contributed by atoms with Crippen molar-refractivity contribution < 1.29 is 13.5 Å². The number of hydrogen-bond acceptors (Lipinski definition) is 3. The van der Waals surface area contributed by atoms with Crippen LogP contribution in [-0.4, -0.2) is 17.8 Å². The topological polar surface area (TPSA) is 57.6 Å². The molecule has 0 amide bonds. The van der Waals surface area contributed by atoms with E-state index in [0.717, 1.165) is 22.3 Å². The predicted molar refractivity (Wildman–Crippen MR) is 80.5 cm³/mol. The molecule has 0 aliphatic carbocycles. The zero-order valence-electron chi connectivity index (χ0n) is 12.0. The first kappa shape index (κ1) is 14.1. The summed E-state index contributed by atoms with van der Waals surface area (Å²) in [6, 6.07) is 10.4. The van der Waals surface area contributed by atoms with E-state index in [1.165, 1.54) is 4.31 Å². The average Bonchev–Trinajstić information content (AvgIpc) is 2.83. The third-order valence-electron chi connectivity index (χ3n) is 3.87. The van der Waals surface area contributed by atoms with Crippen LogP contribution in [0.3, 0.4) is 0 Å². The van der Waals surface area contributed by atoms with Crippen molar-refractivity contribution in [1.82, 2.24) is 4.31 Å². The minimum atomic E-state index is -3.50. The van der Waals surface area contributed by atoms with Gasteiger partial charge in [0.15, 0.2) is 0 Å². The highest BCUT2D eigenvalue weighted by Crippen LogP contribution is 2.32. The fraction of sp³-hybridized carbons (Fsp3) is 0.250. The molecule has 4 nitrogen and oxygen atoms in total. The lowest BCUT2D eigenvalue weighted by Gasteiger charge is -2.15. The van der Waals surface area contributed by atoms with Gasteiger partial charge in [0.2, 0.25) is 10.0 Å². The van der Waals surface area contributed by atoms with Gasteiger partial charge < -0.3 is 5.11 Å². The number of phenols is 1. The Hall–Kier alpha value is -1.85. The highest BCUT2D eigenvalue weighted by atomic mass is 32.2. The number of hydrogen-bond donors (Lipinski definition) is 1. The first-order chi connectivity index (χ1) is 9.88. The summed E-state index contributed by atoms with van der Waals surface area (Å²) in [5, 5.41) is 9.75. The van der Waals surface area contributed by atoms with Gasteiger partial charge in [-0.15, -0.1) is 0 Å². The van der Waals surface area contributed by atoms with E-state index in [1.807, 2.05) is 19.9 Å². The van der Waals surface area contributed by atoms with Crippen molar-refractivity contribution in [3.8, 4) is 5.75 Å². The monoisotopic (exact) mass is 303 g/mol. The van der Waals surface area contributed by atoms with Crippen LogP contribution in [0, 0.1) is 13.8 Å². The van der Waals surface area contributed by atoms with Crippen LogP contribution in [-0.2, 0) is 23.1 Å². The number of rotatable bonds is 2. The van der Waals surface area contributed by atoms with E-state index < -0.39 is 10.0 Å². The van der Waals surface area contributed by atoms with E-state index in [9.17, 15) is 13.5 Å². The van der Waals surface area contributed by atoms with E-state index in [-0.39, 0.29) is 5.75 Å². The Balaban J connectivity index is 1.94. The summed E-state index contributed by atoms with van der Waals surface area (Å²) in [4.78, 5) is 0.307. The predicted octanol–water partition coefficient (Wildman–Crippen LogP) is 2.71. The lowest BCUT2D eigenvalue weighted by atomic mass is 10.1. The van der Waals surface area contributed by atoms with Gasteiger partial charge in [0.25, 0.3) is 0 Å². The Morgan fingerprint density at radius 3 is 2.19 bits per heavy atom. The summed E-state index contributed by atoms with van der Waals surface area (Å²) in [5.41, 5.74) is 3.62. The molecule has 0 atom stereocenters. The van der Waals surface area contributed by atoms with Crippen molar-refractivity contribution in [2.45, 2.75) is 31.8 Å². The smallest absolute Gasteiger partial charge is 0.243 e. The van der Waals surface area contributed by atoms with Crippen LogP contribution in [0.4, 0.5) is 0 Å². The van der Waals surface area contributed by atoms with Gasteiger partial charge in [-0.25, -0.2) is 8.42 Å². The summed E-state index contributed by atoms with van der Waals surface area (Å²) >= 11 is 0. The normalized spacial score (nSPS) is 15.1. The summed E-state index contributed by atoms with van der Waals surface area (Å²) in [6.07, 6.45) is 0. The molecule has 1 aliphatic rings. The number of nitrogens with zero attached hydrogens (tertiary/aromatic N) is 1. The van der Waals surface area contributed by atoms with Crippen molar-refractivity contribution in [3.63, 3.8) is 0 Å². The van der Waals surface area contributed by atoms with Crippen LogP contribution >= 0.6 is 0 Å². The number of fused-ring (bicyclic) bond motifs is 1. The Morgan fingerprint density at radius 1 is 1.00 bits per heavy atom. The molecule has 1 N–H and O–H groups in total. The number of aromatic hydroxyl groups is 1. The Morgan fingerprint density at radius 2 is 1.57 bits per heavy atom.